The third-order valence-electron chi connectivity index (χ3n) is 2.34. The Morgan fingerprint density at radius 2 is 1.83 bits per heavy atom. The second kappa shape index (κ2) is 5.97. The van der Waals surface area contributed by atoms with Gasteiger partial charge in [0.2, 0.25) is 5.88 Å². The molecule has 0 saturated carbocycles. The lowest BCUT2D eigenvalue weighted by molar-refractivity contribution is 0.372. The third-order valence-corrected chi connectivity index (χ3v) is 2.34. The Labute approximate surface area is 106 Å². The molecule has 0 saturated heterocycles. The van der Waals surface area contributed by atoms with Gasteiger partial charge in [0.1, 0.15) is 0 Å². The number of ether oxygens (including phenoxy) is 2. The minimum absolute atomic E-state index is 0.444. The summed E-state index contributed by atoms with van der Waals surface area (Å²) in [7, 11) is 3.46. The molecule has 0 unspecified atom stereocenters. The lowest BCUT2D eigenvalue weighted by Crippen LogP contribution is -2.07. The van der Waals surface area contributed by atoms with E-state index in [1.165, 1.54) is 0 Å². The van der Waals surface area contributed by atoms with E-state index in [2.05, 4.69) is 15.5 Å². The van der Waals surface area contributed by atoms with Crippen LogP contribution in [-0.2, 0) is 6.54 Å². The Kier molecular flexibility index (Phi) is 4.09. The van der Waals surface area contributed by atoms with Crippen molar-refractivity contribution in [1.29, 1.82) is 0 Å². The first kappa shape index (κ1) is 12.3. The lowest BCUT2D eigenvalue weighted by atomic mass is 10.3. The molecule has 0 bridgehead atoms. The van der Waals surface area contributed by atoms with Gasteiger partial charge in [-0.15, -0.1) is 5.10 Å². The summed E-state index contributed by atoms with van der Waals surface area (Å²) >= 11 is 0. The molecule has 1 heterocycles. The molecule has 5 heteroatoms. The number of nitrogens with one attached hydrogen (secondary N) is 1. The van der Waals surface area contributed by atoms with Crippen LogP contribution >= 0.6 is 0 Å². The van der Waals surface area contributed by atoms with Crippen LogP contribution in [0.5, 0.6) is 17.4 Å². The van der Waals surface area contributed by atoms with Crippen molar-refractivity contribution < 1.29 is 9.47 Å². The van der Waals surface area contributed by atoms with Crippen LogP contribution in [0.1, 0.15) is 5.69 Å². The number of methoxy groups -OCH3 is 1. The standard InChI is InChI=1S/C13H15N3O2/c1-14-9-10-7-8-13(16-15-10)18-12-6-4-3-5-11(12)17-2/h3-8,14H,9H2,1-2H3. The third kappa shape index (κ3) is 2.95. The number of hydrogen-bond acceptors (Lipinski definition) is 5. The first-order valence-corrected chi connectivity index (χ1v) is 5.61. The Hall–Kier alpha value is -2.14. The fourth-order valence-corrected chi connectivity index (χ4v) is 1.49. The first-order chi connectivity index (χ1) is 8.83. The highest BCUT2D eigenvalue weighted by Crippen LogP contribution is 2.29. The van der Waals surface area contributed by atoms with Gasteiger partial charge in [-0.05, 0) is 25.2 Å². The molecule has 0 fully saturated rings. The van der Waals surface area contributed by atoms with E-state index in [1.54, 1.807) is 13.2 Å². The second-order valence-electron chi connectivity index (χ2n) is 3.65. The predicted octanol–water partition coefficient (Wildman–Crippen LogP) is 2.00. The molecule has 0 aliphatic rings. The van der Waals surface area contributed by atoms with E-state index in [0.717, 1.165) is 5.69 Å². The maximum absolute atomic E-state index is 5.61. The molecule has 0 amide bonds. The van der Waals surface area contributed by atoms with Crippen LogP contribution in [0.2, 0.25) is 0 Å². The molecular formula is C13H15N3O2. The molecular weight excluding hydrogens is 230 g/mol. The summed E-state index contributed by atoms with van der Waals surface area (Å²) in [5, 5.41) is 11.1. The van der Waals surface area contributed by atoms with Crippen molar-refractivity contribution in [2.75, 3.05) is 14.2 Å². The summed E-state index contributed by atoms with van der Waals surface area (Å²) < 4.78 is 10.8. The molecule has 2 rings (SSSR count). The van der Waals surface area contributed by atoms with Crippen molar-refractivity contribution >= 4 is 0 Å². The molecule has 0 spiro atoms. The maximum Gasteiger partial charge on any atom is 0.239 e. The molecule has 0 radical (unpaired) electrons. The Morgan fingerprint density at radius 3 is 2.44 bits per heavy atom. The largest absolute Gasteiger partial charge is 0.493 e. The summed E-state index contributed by atoms with van der Waals surface area (Å²) in [6, 6.07) is 11.1. The zero-order valence-corrected chi connectivity index (χ0v) is 10.4. The van der Waals surface area contributed by atoms with Gasteiger partial charge in [-0.1, -0.05) is 12.1 Å². The molecule has 0 aliphatic carbocycles. The average molecular weight is 245 g/mol. The van der Waals surface area contributed by atoms with E-state index in [9.17, 15) is 0 Å². The van der Waals surface area contributed by atoms with Gasteiger partial charge in [0, 0.05) is 12.6 Å². The van der Waals surface area contributed by atoms with Crippen LogP contribution in [0.25, 0.3) is 0 Å². The molecule has 94 valence electrons. The Bertz CT molecular complexity index is 500. The zero-order valence-electron chi connectivity index (χ0n) is 10.4. The van der Waals surface area contributed by atoms with Crippen molar-refractivity contribution in [1.82, 2.24) is 15.5 Å². The SMILES string of the molecule is CNCc1ccc(Oc2ccccc2OC)nn1. The number of aromatic nitrogens is 2. The number of para-hydroxylation sites is 2. The summed E-state index contributed by atoms with van der Waals surface area (Å²) in [6.45, 7) is 0.682. The van der Waals surface area contributed by atoms with Gasteiger partial charge in [0.15, 0.2) is 11.5 Å². The van der Waals surface area contributed by atoms with Gasteiger partial charge in [-0.2, -0.15) is 5.10 Å². The molecule has 1 N–H and O–H groups in total. The van der Waals surface area contributed by atoms with E-state index >= 15 is 0 Å². The van der Waals surface area contributed by atoms with Gasteiger partial charge >= 0.3 is 0 Å². The van der Waals surface area contributed by atoms with Crippen LogP contribution in [0, 0.1) is 0 Å². The molecule has 5 nitrogen and oxygen atoms in total. The van der Waals surface area contributed by atoms with E-state index in [1.807, 2.05) is 37.4 Å². The highest BCUT2D eigenvalue weighted by molar-refractivity contribution is 5.41. The summed E-state index contributed by atoms with van der Waals surface area (Å²) in [5.41, 5.74) is 0.866. The quantitative estimate of drug-likeness (QED) is 0.873. The second-order valence-corrected chi connectivity index (χ2v) is 3.65. The van der Waals surface area contributed by atoms with Crippen LogP contribution in [0.4, 0.5) is 0 Å². The Balaban J connectivity index is 2.13. The number of hydrogen-bond donors (Lipinski definition) is 1. The smallest absolute Gasteiger partial charge is 0.239 e. The van der Waals surface area contributed by atoms with Gasteiger partial charge in [0.25, 0.3) is 0 Å². The van der Waals surface area contributed by atoms with E-state index in [0.29, 0.717) is 23.9 Å². The van der Waals surface area contributed by atoms with Crippen LogP contribution in [0.15, 0.2) is 36.4 Å². The first-order valence-electron chi connectivity index (χ1n) is 5.61. The van der Waals surface area contributed by atoms with Crippen molar-refractivity contribution in [2.24, 2.45) is 0 Å². The molecule has 2 aromatic rings. The summed E-state index contributed by atoms with van der Waals surface area (Å²) in [4.78, 5) is 0. The highest BCUT2D eigenvalue weighted by atomic mass is 16.5. The fraction of sp³-hybridized carbons (Fsp3) is 0.231. The number of benzene rings is 1. The number of rotatable bonds is 5. The Morgan fingerprint density at radius 1 is 1.06 bits per heavy atom. The van der Waals surface area contributed by atoms with Crippen molar-refractivity contribution in [3.05, 3.63) is 42.1 Å². The van der Waals surface area contributed by atoms with Gasteiger partial charge in [0.05, 0.1) is 12.8 Å². The minimum atomic E-state index is 0.444. The van der Waals surface area contributed by atoms with Crippen molar-refractivity contribution in [3.63, 3.8) is 0 Å². The maximum atomic E-state index is 5.61. The van der Waals surface area contributed by atoms with Gasteiger partial charge in [-0.25, -0.2) is 0 Å². The van der Waals surface area contributed by atoms with Gasteiger partial charge < -0.3 is 14.8 Å². The fourth-order valence-electron chi connectivity index (χ4n) is 1.49. The molecule has 1 aromatic heterocycles. The van der Waals surface area contributed by atoms with E-state index < -0.39 is 0 Å². The van der Waals surface area contributed by atoms with Crippen molar-refractivity contribution in [3.8, 4) is 17.4 Å². The lowest BCUT2D eigenvalue weighted by Gasteiger charge is -2.08. The van der Waals surface area contributed by atoms with Crippen molar-refractivity contribution in [2.45, 2.75) is 6.54 Å². The molecule has 0 atom stereocenters. The summed E-state index contributed by atoms with van der Waals surface area (Å²) in [5.74, 6) is 1.73. The monoisotopic (exact) mass is 245 g/mol. The van der Waals surface area contributed by atoms with E-state index in [-0.39, 0.29) is 0 Å². The summed E-state index contributed by atoms with van der Waals surface area (Å²) in [6.07, 6.45) is 0. The topological polar surface area (TPSA) is 56.3 Å². The zero-order chi connectivity index (χ0) is 12.8. The predicted molar refractivity (Wildman–Crippen MR) is 67.9 cm³/mol. The molecule has 0 aliphatic heterocycles. The number of nitrogens with zero attached hydrogens (tertiary/aromatic N) is 2. The van der Waals surface area contributed by atoms with Crippen LogP contribution in [0.3, 0.4) is 0 Å². The normalized spacial score (nSPS) is 10.1. The van der Waals surface area contributed by atoms with Gasteiger partial charge in [-0.3, -0.25) is 0 Å². The molecule has 18 heavy (non-hydrogen) atoms. The van der Waals surface area contributed by atoms with Crippen LogP contribution in [-0.4, -0.2) is 24.4 Å². The molecule has 1 aromatic carbocycles. The average Bonchev–Trinajstić information content (AvgIpc) is 2.42. The van der Waals surface area contributed by atoms with E-state index in [4.69, 9.17) is 9.47 Å². The highest BCUT2D eigenvalue weighted by Gasteiger charge is 2.05. The minimum Gasteiger partial charge on any atom is -0.493 e. The van der Waals surface area contributed by atoms with Crippen LogP contribution < -0.4 is 14.8 Å².